The van der Waals surface area contributed by atoms with E-state index in [-0.39, 0.29) is 0 Å². The number of aromatic nitrogens is 2. The monoisotopic (exact) mass is 314 g/mol. The Balaban J connectivity index is 1.73. The lowest BCUT2D eigenvalue weighted by molar-refractivity contribution is 0.714. The molecule has 3 rings (SSSR count). The van der Waals surface area contributed by atoms with Gasteiger partial charge in [0.2, 0.25) is 0 Å². The number of hydrogen-bond acceptors (Lipinski definition) is 4. The summed E-state index contributed by atoms with van der Waals surface area (Å²) in [4.78, 5) is 8.27. The Kier molecular flexibility index (Phi) is 5.16. The number of nitriles is 1. The molecule has 1 N–H and O–H groups in total. The van der Waals surface area contributed by atoms with Crippen molar-refractivity contribution in [3.05, 3.63) is 89.9 Å². The Bertz CT molecular complexity index is 793. The molecule has 0 spiro atoms. The Morgan fingerprint density at radius 2 is 1.62 bits per heavy atom. The molecule has 24 heavy (non-hydrogen) atoms. The molecule has 4 nitrogen and oxygen atoms in total. The molecule has 0 saturated carbocycles. The van der Waals surface area contributed by atoms with E-state index in [1.54, 1.807) is 6.20 Å². The topological polar surface area (TPSA) is 61.6 Å². The van der Waals surface area contributed by atoms with Crippen LogP contribution < -0.4 is 5.32 Å². The van der Waals surface area contributed by atoms with Crippen LogP contribution in [0.3, 0.4) is 0 Å². The molecule has 0 radical (unpaired) electrons. The van der Waals surface area contributed by atoms with E-state index >= 15 is 0 Å². The summed E-state index contributed by atoms with van der Waals surface area (Å²) < 4.78 is 0. The van der Waals surface area contributed by atoms with Crippen molar-refractivity contribution in [2.24, 2.45) is 0 Å². The highest BCUT2D eigenvalue weighted by molar-refractivity contribution is 5.35. The first kappa shape index (κ1) is 15.7. The third-order valence-corrected chi connectivity index (χ3v) is 3.89. The summed E-state index contributed by atoms with van der Waals surface area (Å²) in [7, 11) is 0. The van der Waals surface area contributed by atoms with Gasteiger partial charge in [0, 0.05) is 12.5 Å². The van der Waals surface area contributed by atoms with Crippen LogP contribution in [0.15, 0.2) is 73.1 Å². The predicted octanol–water partition coefficient (Wildman–Crippen LogP) is 3.79. The van der Waals surface area contributed by atoms with Gasteiger partial charge in [-0.3, -0.25) is 0 Å². The lowest BCUT2D eigenvalue weighted by atomic mass is 9.92. The summed E-state index contributed by atoms with van der Waals surface area (Å²) in [6, 6.07) is 22.9. The first-order valence-corrected chi connectivity index (χ1v) is 7.90. The lowest BCUT2D eigenvalue weighted by Gasteiger charge is -2.18. The van der Waals surface area contributed by atoms with Gasteiger partial charge in [-0.1, -0.05) is 60.7 Å². The molecule has 118 valence electrons. The number of benzene rings is 2. The van der Waals surface area contributed by atoms with E-state index in [0.717, 1.165) is 13.0 Å². The van der Waals surface area contributed by atoms with E-state index in [4.69, 9.17) is 5.26 Å². The Hall–Kier alpha value is -3.19. The zero-order valence-electron chi connectivity index (χ0n) is 13.3. The highest BCUT2D eigenvalue weighted by Crippen LogP contribution is 2.21. The Morgan fingerprint density at radius 3 is 2.25 bits per heavy atom. The fourth-order valence-electron chi connectivity index (χ4n) is 2.64. The van der Waals surface area contributed by atoms with Gasteiger partial charge in [0.1, 0.15) is 11.9 Å². The maximum Gasteiger partial charge on any atom is 0.158 e. The van der Waals surface area contributed by atoms with Crippen molar-refractivity contribution in [1.82, 2.24) is 9.97 Å². The van der Waals surface area contributed by atoms with Crippen molar-refractivity contribution < 1.29 is 0 Å². The van der Waals surface area contributed by atoms with Crippen molar-refractivity contribution in [1.29, 1.82) is 5.26 Å². The van der Waals surface area contributed by atoms with Crippen LogP contribution in [-0.4, -0.2) is 16.5 Å². The summed E-state index contributed by atoms with van der Waals surface area (Å²) in [6.07, 6.45) is 4.03. The molecule has 0 bridgehead atoms. The van der Waals surface area contributed by atoms with Gasteiger partial charge < -0.3 is 5.32 Å². The molecule has 2 aromatic carbocycles. The smallest absolute Gasteiger partial charge is 0.158 e. The molecule has 1 aromatic heterocycles. The van der Waals surface area contributed by atoms with Crippen LogP contribution in [0.1, 0.15) is 22.7 Å². The van der Waals surface area contributed by atoms with Crippen LogP contribution in [0.2, 0.25) is 0 Å². The maximum absolute atomic E-state index is 8.79. The minimum Gasteiger partial charge on any atom is -0.368 e. The zero-order chi connectivity index (χ0) is 16.6. The van der Waals surface area contributed by atoms with Crippen LogP contribution in [0.5, 0.6) is 0 Å². The van der Waals surface area contributed by atoms with Gasteiger partial charge in [0.05, 0.1) is 12.4 Å². The van der Waals surface area contributed by atoms with Crippen molar-refractivity contribution >= 4 is 5.82 Å². The van der Waals surface area contributed by atoms with Gasteiger partial charge in [-0.15, -0.1) is 0 Å². The second-order valence-electron chi connectivity index (χ2n) is 5.58. The van der Waals surface area contributed by atoms with Gasteiger partial charge in [-0.05, 0) is 17.5 Å². The molecule has 0 fully saturated rings. The van der Waals surface area contributed by atoms with Crippen LogP contribution in [-0.2, 0) is 6.42 Å². The molecule has 0 amide bonds. The molecule has 0 aliphatic heterocycles. The minimum atomic E-state index is 0.324. The Morgan fingerprint density at radius 1 is 0.917 bits per heavy atom. The van der Waals surface area contributed by atoms with Crippen molar-refractivity contribution in [3.8, 4) is 6.07 Å². The normalized spacial score (nSPS) is 11.5. The fourth-order valence-corrected chi connectivity index (χ4v) is 2.64. The van der Waals surface area contributed by atoms with Gasteiger partial charge in [-0.25, -0.2) is 9.97 Å². The highest BCUT2D eigenvalue weighted by Gasteiger charge is 2.12. The van der Waals surface area contributed by atoms with Crippen LogP contribution in [0.4, 0.5) is 5.82 Å². The average molecular weight is 314 g/mol. The molecule has 1 atom stereocenters. The third-order valence-electron chi connectivity index (χ3n) is 3.89. The molecule has 0 aliphatic rings. The summed E-state index contributed by atoms with van der Waals surface area (Å²) in [5, 5.41) is 12.1. The highest BCUT2D eigenvalue weighted by atomic mass is 15.0. The standard InChI is InChI=1S/C20H18N4/c21-12-19-14-24-20(15-22-19)23-13-18(17-9-5-2-6-10-17)11-16-7-3-1-4-8-16/h1-10,14-15,18H,11,13H2,(H,23,24). The molecular formula is C20H18N4. The Labute approximate surface area is 141 Å². The van der Waals surface area contributed by atoms with Gasteiger partial charge in [-0.2, -0.15) is 5.26 Å². The average Bonchev–Trinajstić information content (AvgIpc) is 2.67. The second kappa shape index (κ2) is 7.89. The first-order chi connectivity index (χ1) is 11.8. The molecular weight excluding hydrogens is 296 g/mol. The molecule has 0 aliphatic carbocycles. The zero-order valence-corrected chi connectivity index (χ0v) is 13.3. The number of nitrogens with one attached hydrogen (secondary N) is 1. The van der Waals surface area contributed by atoms with Crippen LogP contribution >= 0.6 is 0 Å². The predicted molar refractivity (Wildman–Crippen MR) is 94.6 cm³/mol. The second-order valence-corrected chi connectivity index (χ2v) is 5.58. The van der Waals surface area contributed by atoms with E-state index in [0.29, 0.717) is 17.4 Å². The lowest BCUT2D eigenvalue weighted by Crippen LogP contribution is -2.16. The maximum atomic E-state index is 8.79. The number of rotatable bonds is 6. The number of nitrogens with zero attached hydrogens (tertiary/aromatic N) is 3. The fraction of sp³-hybridized carbons (Fsp3) is 0.150. The molecule has 3 aromatic rings. The third kappa shape index (κ3) is 4.17. The largest absolute Gasteiger partial charge is 0.368 e. The number of anilines is 1. The van der Waals surface area contributed by atoms with Crippen molar-refractivity contribution in [2.45, 2.75) is 12.3 Å². The van der Waals surface area contributed by atoms with Gasteiger partial charge in [0.25, 0.3) is 0 Å². The van der Waals surface area contributed by atoms with Crippen molar-refractivity contribution in [3.63, 3.8) is 0 Å². The molecule has 4 heteroatoms. The van der Waals surface area contributed by atoms with Gasteiger partial charge >= 0.3 is 0 Å². The summed E-state index contributed by atoms with van der Waals surface area (Å²) in [5.41, 5.74) is 2.92. The van der Waals surface area contributed by atoms with E-state index < -0.39 is 0 Å². The summed E-state index contributed by atoms with van der Waals surface area (Å²) >= 11 is 0. The summed E-state index contributed by atoms with van der Waals surface area (Å²) in [5.74, 6) is 1.01. The van der Waals surface area contributed by atoms with E-state index in [1.165, 1.54) is 17.3 Å². The van der Waals surface area contributed by atoms with Crippen molar-refractivity contribution in [2.75, 3.05) is 11.9 Å². The molecule has 0 saturated heterocycles. The molecule has 1 unspecified atom stereocenters. The quantitative estimate of drug-likeness (QED) is 0.752. The SMILES string of the molecule is N#Cc1cnc(NCC(Cc2ccccc2)c2ccccc2)cn1. The van der Waals surface area contributed by atoms with E-state index in [9.17, 15) is 0 Å². The van der Waals surface area contributed by atoms with E-state index in [2.05, 4.69) is 63.8 Å². The van der Waals surface area contributed by atoms with Gasteiger partial charge in [0.15, 0.2) is 5.69 Å². The first-order valence-electron chi connectivity index (χ1n) is 7.90. The van der Waals surface area contributed by atoms with E-state index in [1.807, 2.05) is 18.2 Å². The minimum absolute atomic E-state index is 0.324. The summed E-state index contributed by atoms with van der Waals surface area (Å²) in [6.45, 7) is 0.749. The van der Waals surface area contributed by atoms with Crippen LogP contribution in [0.25, 0.3) is 0 Å². The van der Waals surface area contributed by atoms with Crippen LogP contribution in [0, 0.1) is 11.3 Å². The molecule has 1 heterocycles. The number of hydrogen-bond donors (Lipinski definition) is 1.